The molecule has 0 unspecified atom stereocenters. The van der Waals surface area contributed by atoms with Crippen LogP contribution in [0.5, 0.6) is 0 Å². The van der Waals surface area contributed by atoms with Crippen molar-refractivity contribution >= 4 is 20.9 Å². The third-order valence-corrected chi connectivity index (χ3v) is 5.99. The molecule has 2 aromatic rings. The van der Waals surface area contributed by atoms with Gasteiger partial charge in [-0.05, 0) is 19.4 Å². The molecule has 3 heterocycles. The third kappa shape index (κ3) is 3.30. The van der Waals surface area contributed by atoms with E-state index in [1.807, 2.05) is 0 Å². The van der Waals surface area contributed by atoms with E-state index in [0.717, 1.165) is 13.0 Å². The van der Waals surface area contributed by atoms with Crippen LogP contribution in [0.3, 0.4) is 0 Å². The Morgan fingerprint density at radius 1 is 1.48 bits per heavy atom. The zero-order valence-corrected chi connectivity index (χ0v) is 14.1. The van der Waals surface area contributed by atoms with Crippen molar-refractivity contribution in [3.8, 4) is 0 Å². The van der Waals surface area contributed by atoms with Crippen LogP contribution in [-0.2, 0) is 23.4 Å². The second kappa shape index (κ2) is 6.04. The van der Waals surface area contributed by atoms with Gasteiger partial charge in [-0.2, -0.15) is 5.10 Å². The van der Waals surface area contributed by atoms with E-state index in [0.29, 0.717) is 29.8 Å². The summed E-state index contributed by atoms with van der Waals surface area (Å²) >= 11 is 0. The summed E-state index contributed by atoms with van der Waals surface area (Å²) in [5, 5.41) is 4.51. The molecular formula is C14H21N5O3S. The quantitative estimate of drug-likeness (QED) is 0.826. The second-order valence-electron chi connectivity index (χ2n) is 6.05. The van der Waals surface area contributed by atoms with Crippen LogP contribution in [0.15, 0.2) is 11.0 Å². The Morgan fingerprint density at radius 2 is 2.26 bits per heavy atom. The molecule has 0 aromatic carbocycles. The molecule has 1 aliphatic heterocycles. The molecule has 3 rings (SSSR count). The summed E-state index contributed by atoms with van der Waals surface area (Å²) in [5.74, 6) is 0.970. The maximum absolute atomic E-state index is 12.1. The van der Waals surface area contributed by atoms with Gasteiger partial charge in [0, 0.05) is 13.1 Å². The van der Waals surface area contributed by atoms with Crippen LogP contribution in [0.25, 0.3) is 11.0 Å². The minimum absolute atomic E-state index is 0.00696. The van der Waals surface area contributed by atoms with Crippen molar-refractivity contribution in [1.82, 2.24) is 24.6 Å². The number of nitrogens with one attached hydrogen (secondary N) is 1. The number of hydrogen-bond donors (Lipinski definition) is 1. The SMILES string of the molecule is CCCN(Cc1nc2c(cnn2C)c(=O)[nH]1)[C@H]1CCS(=O)(=O)C1. The first kappa shape index (κ1) is 16.1. The summed E-state index contributed by atoms with van der Waals surface area (Å²) in [4.78, 5) is 21.5. The number of sulfone groups is 1. The molecule has 1 aliphatic rings. The largest absolute Gasteiger partial charge is 0.309 e. The molecule has 1 fully saturated rings. The molecule has 0 saturated carbocycles. The Kier molecular flexibility index (Phi) is 4.24. The lowest BCUT2D eigenvalue weighted by Crippen LogP contribution is -2.37. The van der Waals surface area contributed by atoms with Crippen LogP contribution < -0.4 is 5.56 Å². The van der Waals surface area contributed by atoms with Crippen LogP contribution in [-0.4, -0.2) is 57.2 Å². The summed E-state index contributed by atoms with van der Waals surface area (Å²) in [6, 6.07) is -0.00696. The van der Waals surface area contributed by atoms with Crippen molar-refractivity contribution in [1.29, 1.82) is 0 Å². The molecule has 1 N–H and O–H groups in total. The van der Waals surface area contributed by atoms with Gasteiger partial charge >= 0.3 is 0 Å². The van der Waals surface area contributed by atoms with Gasteiger partial charge < -0.3 is 4.98 Å². The van der Waals surface area contributed by atoms with Gasteiger partial charge in [-0.25, -0.2) is 13.4 Å². The highest BCUT2D eigenvalue weighted by Gasteiger charge is 2.32. The van der Waals surface area contributed by atoms with Gasteiger partial charge in [0.25, 0.3) is 5.56 Å². The molecule has 0 aliphatic carbocycles. The Balaban J connectivity index is 1.88. The summed E-state index contributed by atoms with van der Waals surface area (Å²) in [5.41, 5.74) is 0.327. The molecule has 0 radical (unpaired) electrons. The smallest absolute Gasteiger partial charge is 0.262 e. The molecule has 0 spiro atoms. The topological polar surface area (TPSA) is 101 Å². The zero-order chi connectivity index (χ0) is 16.6. The number of rotatable bonds is 5. The number of aryl methyl sites for hydroxylation is 1. The fraction of sp³-hybridized carbons (Fsp3) is 0.643. The van der Waals surface area contributed by atoms with Crippen molar-refractivity contribution in [2.24, 2.45) is 7.05 Å². The van der Waals surface area contributed by atoms with Gasteiger partial charge in [-0.1, -0.05) is 6.92 Å². The van der Waals surface area contributed by atoms with E-state index < -0.39 is 9.84 Å². The Morgan fingerprint density at radius 3 is 2.91 bits per heavy atom. The highest BCUT2D eigenvalue weighted by molar-refractivity contribution is 7.91. The van der Waals surface area contributed by atoms with Gasteiger partial charge in [0.2, 0.25) is 0 Å². The first-order valence-corrected chi connectivity index (χ1v) is 9.57. The van der Waals surface area contributed by atoms with E-state index in [1.165, 1.54) is 6.20 Å². The lowest BCUT2D eigenvalue weighted by Gasteiger charge is -2.26. The van der Waals surface area contributed by atoms with Gasteiger partial charge in [-0.3, -0.25) is 14.4 Å². The van der Waals surface area contributed by atoms with E-state index >= 15 is 0 Å². The van der Waals surface area contributed by atoms with Crippen molar-refractivity contribution < 1.29 is 8.42 Å². The van der Waals surface area contributed by atoms with Crippen molar-refractivity contribution in [3.05, 3.63) is 22.4 Å². The maximum Gasteiger partial charge on any atom is 0.262 e. The first-order chi connectivity index (χ1) is 10.9. The Hall–Kier alpha value is -1.74. The minimum Gasteiger partial charge on any atom is -0.309 e. The standard InChI is InChI=1S/C14H21N5O3S/c1-3-5-19(10-4-6-23(21,22)9-10)8-12-16-13-11(14(20)17-12)7-15-18(13)2/h7,10H,3-6,8-9H2,1-2H3,(H,16,17,20)/t10-/m0/s1. The van der Waals surface area contributed by atoms with Crippen molar-refractivity contribution in [2.45, 2.75) is 32.4 Å². The number of fused-ring (bicyclic) bond motifs is 1. The average molecular weight is 339 g/mol. The summed E-state index contributed by atoms with van der Waals surface area (Å²) in [6.07, 6.45) is 3.05. The fourth-order valence-corrected chi connectivity index (χ4v) is 4.85. The average Bonchev–Trinajstić information content (AvgIpc) is 3.02. The molecule has 1 saturated heterocycles. The lowest BCUT2D eigenvalue weighted by atomic mass is 10.2. The van der Waals surface area contributed by atoms with Crippen LogP contribution in [0, 0.1) is 0 Å². The predicted molar refractivity (Wildman–Crippen MR) is 86.9 cm³/mol. The Bertz CT molecular complexity index is 870. The predicted octanol–water partition coefficient (Wildman–Crippen LogP) is 0.0557. The van der Waals surface area contributed by atoms with Gasteiger partial charge in [0.1, 0.15) is 11.2 Å². The Labute approximate surface area is 134 Å². The lowest BCUT2D eigenvalue weighted by molar-refractivity contribution is 0.199. The first-order valence-electron chi connectivity index (χ1n) is 7.75. The number of H-pyrrole nitrogens is 1. The molecule has 126 valence electrons. The summed E-state index contributed by atoms with van der Waals surface area (Å²) < 4.78 is 25.0. The van der Waals surface area contributed by atoms with Gasteiger partial charge in [0.05, 0.1) is 24.2 Å². The van der Waals surface area contributed by atoms with Crippen LogP contribution >= 0.6 is 0 Å². The van der Waals surface area contributed by atoms with Crippen LogP contribution in [0.2, 0.25) is 0 Å². The van der Waals surface area contributed by atoms with Crippen LogP contribution in [0.4, 0.5) is 0 Å². The summed E-state index contributed by atoms with van der Waals surface area (Å²) in [6.45, 7) is 3.26. The van der Waals surface area contributed by atoms with Crippen molar-refractivity contribution in [2.75, 3.05) is 18.1 Å². The second-order valence-corrected chi connectivity index (χ2v) is 8.27. The molecular weight excluding hydrogens is 318 g/mol. The molecule has 0 amide bonds. The van der Waals surface area contributed by atoms with E-state index in [9.17, 15) is 13.2 Å². The van der Waals surface area contributed by atoms with E-state index in [-0.39, 0.29) is 23.1 Å². The molecule has 0 bridgehead atoms. The molecule has 2 aromatic heterocycles. The van der Waals surface area contributed by atoms with E-state index in [2.05, 4.69) is 26.9 Å². The number of hydrogen-bond acceptors (Lipinski definition) is 6. The normalized spacial score (nSPS) is 20.6. The number of aromatic amines is 1. The number of nitrogens with zero attached hydrogens (tertiary/aromatic N) is 4. The minimum atomic E-state index is -2.94. The monoisotopic (exact) mass is 339 g/mol. The molecule has 9 heteroatoms. The highest BCUT2D eigenvalue weighted by atomic mass is 32.2. The zero-order valence-electron chi connectivity index (χ0n) is 13.3. The van der Waals surface area contributed by atoms with E-state index in [1.54, 1.807) is 11.7 Å². The van der Waals surface area contributed by atoms with Gasteiger partial charge in [0.15, 0.2) is 15.5 Å². The third-order valence-electron chi connectivity index (χ3n) is 4.24. The molecule has 23 heavy (non-hydrogen) atoms. The summed E-state index contributed by atoms with van der Waals surface area (Å²) in [7, 11) is -1.20. The fourth-order valence-electron chi connectivity index (χ4n) is 3.09. The van der Waals surface area contributed by atoms with Gasteiger partial charge in [-0.15, -0.1) is 0 Å². The maximum atomic E-state index is 12.1. The number of aromatic nitrogens is 4. The van der Waals surface area contributed by atoms with Crippen LogP contribution in [0.1, 0.15) is 25.6 Å². The van der Waals surface area contributed by atoms with E-state index in [4.69, 9.17) is 0 Å². The molecule has 8 nitrogen and oxygen atoms in total. The molecule has 1 atom stereocenters. The highest BCUT2D eigenvalue weighted by Crippen LogP contribution is 2.19. The van der Waals surface area contributed by atoms with Crippen molar-refractivity contribution in [3.63, 3.8) is 0 Å².